The third-order valence-electron chi connectivity index (χ3n) is 4.28. The zero-order valence-corrected chi connectivity index (χ0v) is 12.5. The van der Waals surface area contributed by atoms with E-state index in [4.69, 9.17) is 4.43 Å². The monoisotopic (exact) mass is 268 g/mol. The number of benzene rings is 2. The van der Waals surface area contributed by atoms with Crippen LogP contribution in [0.3, 0.4) is 0 Å². The second-order valence-corrected chi connectivity index (χ2v) is 9.02. The maximum atomic E-state index is 6.57. The van der Waals surface area contributed by atoms with Gasteiger partial charge in [-0.2, -0.15) is 0 Å². The van der Waals surface area contributed by atoms with Crippen molar-refractivity contribution in [2.24, 2.45) is 5.92 Å². The predicted octanol–water partition coefficient (Wildman–Crippen LogP) is 2.80. The summed E-state index contributed by atoms with van der Waals surface area (Å²) < 4.78 is 6.57. The van der Waals surface area contributed by atoms with Crippen LogP contribution in [0.2, 0.25) is 6.04 Å². The minimum absolute atomic E-state index is 0.354. The molecule has 2 aromatic rings. The third kappa shape index (κ3) is 2.15. The Hall–Kier alpha value is -1.38. The van der Waals surface area contributed by atoms with Gasteiger partial charge in [0.15, 0.2) is 0 Å². The first-order valence-corrected chi connectivity index (χ1v) is 9.13. The van der Waals surface area contributed by atoms with E-state index in [9.17, 15) is 0 Å². The van der Waals surface area contributed by atoms with Gasteiger partial charge in [0.05, 0.1) is 0 Å². The summed E-state index contributed by atoms with van der Waals surface area (Å²) >= 11 is 0. The Morgan fingerprint density at radius 2 is 1.32 bits per heavy atom. The lowest BCUT2D eigenvalue weighted by molar-refractivity contribution is 0.211. The quantitative estimate of drug-likeness (QED) is 0.761. The molecule has 0 aromatic heterocycles. The van der Waals surface area contributed by atoms with Gasteiger partial charge < -0.3 is 4.43 Å². The molecule has 0 radical (unpaired) electrons. The molecule has 1 aliphatic heterocycles. The zero-order chi connectivity index (χ0) is 13.3. The largest absolute Gasteiger partial charge is 0.405 e. The smallest absolute Gasteiger partial charge is 0.256 e. The Labute approximate surface area is 116 Å². The predicted molar refractivity (Wildman–Crippen MR) is 82.4 cm³/mol. The van der Waals surface area contributed by atoms with Crippen LogP contribution in [0.4, 0.5) is 0 Å². The van der Waals surface area contributed by atoms with Crippen LogP contribution < -0.4 is 10.4 Å². The summed E-state index contributed by atoms with van der Waals surface area (Å²) in [4.78, 5) is 0. The average molecular weight is 268 g/mol. The van der Waals surface area contributed by atoms with E-state index in [-0.39, 0.29) is 0 Å². The zero-order valence-electron chi connectivity index (χ0n) is 11.5. The van der Waals surface area contributed by atoms with Gasteiger partial charge in [-0.05, 0) is 29.3 Å². The number of hydrogen-bond donors (Lipinski definition) is 0. The Bertz CT molecular complexity index is 486. The minimum atomic E-state index is -2.01. The fourth-order valence-corrected chi connectivity index (χ4v) is 7.79. The molecule has 3 rings (SSSR count). The molecule has 0 unspecified atom stereocenters. The van der Waals surface area contributed by atoms with Crippen molar-refractivity contribution in [2.75, 3.05) is 0 Å². The van der Waals surface area contributed by atoms with Crippen LogP contribution in [0.1, 0.15) is 13.8 Å². The fourth-order valence-electron chi connectivity index (χ4n) is 3.05. The Balaban J connectivity index is 2.13. The van der Waals surface area contributed by atoms with Gasteiger partial charge in [-0.25, -0.2) is 0 Å². The van der Waals surface area contributed by atoms with Crippen molar-refractivity contribution in [1.29, 1.82) is 0 Å². The molecular formula is C17H20OSi. The van der Waals surface area contributed by atoms with Gasteiger partial charge in [-0.3, -0.25) is 0 Å². The molecule has 1 aliphatic rings. The molecule has 0 N–H and O–H groups in total. The van der Waals surface area contributed by atoms with Crippen molar-refractivity contribution in [3.05, 3.63) is 60.7 Å². The molecule has 98 valence electrons. The van der Waals surface area contributed by atoms with Crippen molar-refractivity contribution in [3.63, 3.8) is 0 Å². The maximum absolute atomic E-state index is 6.57. The van der Waals surface area contributed by atoms with Crippen molar-refractivity contribution in [1.82, 2.24) is 0 Å². The van der Waals surface area contributed by atoms with E-state index < -0.39 is 8.32 Å². The van der Waals surface area contributed by atoms with Crippen LogP contribution in [0.25, 0.3) is 0 Å². The molecular weight excluding hydrogens is 248 g/mol. The van der Waals surface area contributed by atoms with E-state index >= 15 is 0 Å². The highest BCUT2D eigenvalue weighted by molar-refractivity contribution is 6.98. The molecule has 2 atom stereocenters. The molecule has 0 saturated carbocycles. The molecule has 1 heterocycles. The van der Waals surface area contributed by atoms with Gasteiger partial charge in [0, 0.05) is 6.10 Å². The number of rotatable bonds is 2. The molecule has 19 heavy (non-hydrogen) atoms. The van der Waals surface area contributed by atoms with E-state index in [1.807, 2.05) is 0 Å². The SMILES string of the molecule is C[C@H]1C[Si](c2ccccc2)(c2ccccc2)O[C@@H]1C. The summed E-state index contributed by atoms with van der Waals surface area (Å²) in [5.41, 5.74) is 0. The summed E-state index contributed by atoms with van der Waals surface area (Å²) in [6.45, 7) is 4.52. The highest BCUT2D eigenvalue weighted by atomic mass is 28.4. The molecule has 0 bridgehead atoms. The third-order valence-corrected chi connectivity index (χ3v) is 8.80. The summed E-state index contributed by atoms with van der Waals surface area (Å²) in [6, 6.07) is 22.8. The summed E-state index contributed by atoms with van der Waals surface area (Å²) in [6.07, 6.45) is 0.354. The first kappa shape index (κ1) is 12.6. The Morgan fingerprint density at radius 1 is 0.842 bits per heavy atom. The highest BCUT2D eigenvalue weighted by Crippen LogP contribution is 2.32. The van der Waals surface area contributed by atoms with E-state index in [0.717, 1.165) is 0 Å². The molecule has 1 nitrogen and oxygen atoms in total. The van der Waals surface area contributed by atoms with Crippen LogP contribution in [-0.2, 0) is 4.43 Å². The minimum Gasteiger partial charge on any atom is -0.405 e. The first-order chi connectivity index (χ1) is 9.22. The lowest BCUT2D eigenvalue weighted by Crippen LogP contribution is -2.58. The molecule has 2 aromatic carbocycles. The molecule has 0 spiro atoms. The normalized spacial score (nSPS) is 25.4. The van der Waals surface area contributed by atoms with Crippen molar-refractivity contribution in [2.45, 2.75) is 26.0 Å². The van der Waals surface area contributed by atoms with Crippen molar-refractivity contribution < 1.29 is 4.43 Å². The molecule has 1 saturated heterocycles. The lowest BCUT2D eigenvalue weighted by atomic mass is 10.1. The molecule has 0 aliphatic carbocycles. The van der Waals surface area contributed by atoms with Gasteiger partial charge >= 0.3 is 0 Å². The van der Waals surface area contributed by atoms with Gasteiger partial charge in [0.2, 0.25) is 0 Å². The number of hydrogen-bond acceptors (Lipinski definition) is 1. The van der Waals surface area contributed by atoms with Gasteiger partial charge in [0.1, 0.15) is 0 Å². The lowest BCUT2D eigenvalue weighted by Gasteiger charge is -2.27. The summed E-state index contributed by atoms with van der Waals surface area (Å²) in [5, 5.41) is 2.80. The fraction of sp³-hybridized carbons (Fsp3) is 0.294. The van der Waals surface area contributed by atoms with Crippen LogP contribution in [0.15, 0.2) is 60.7 Å². The standard InChI is InChI=1S/C17H20OSi/c1-14-13-19(18-15(14)2,16-9-5-3-6-10-16)17-11-7-4-8-12-17/h3-12,14-15H,13H2,1-2H3/t14-,15+/m0/s1. The van der Waals surface area contributed by atoms with Crippen LogP contribution in [0, 0.1) is 5.92 Å². The van der Waals surface area contributed by atoms with Crippen LogP contribution >= 0.6 is 0 Å². The Morgan fingerprint density at radius 3 is 1.68 bits per heavy atom. The summed E-state index contributed by atoms with van der Waals surface area (Å²) in [7, 11) is -2.01. The van der Waals surface area contributed by atoms with Crippen LogP contribution in [-0.4, -0.2) is 14.4 Å². The second-order valence-electron chi connectivity index (χ2n) is 5.56. The molecule has 0 amide bonds. The highest BCUT2D eigenvalue weighted by Gasteiger charge is 2.48. The van der Waals surface area contributed by atoms with E-state index in [2.05, 4.69) is 74.5 Å². The van der Waals surface area contributed by atoms with Crippen molar-refractivity contribution >= 4 is 18.7 Å². The summed E-state index contributed by atoms with van der Waals surface area (Å²) in [5.74, 6) is 0.632. The maximum Gasteiger partial charge on any atom is 0.256 e. The van der Waals surface area contributed by atoms with E-state index in [0.29, 0.717) is 12.0 Å². The van der Waals surface area contributed by atoms with Crippen LogP contribution in [0.5, 0.6) is 0 Å². The second kappa shape index (κ2) is 4.95. The first-order valence-electron chi connectivity index (χ1n) is 7.01. The average Bonchev–Trinajstić information content (AvgIpc) is 2.78. The molecule has 2 heteroatoms. The Kier molecular flexibility index (Phi) is 3.29. The van der Waals surface area contributed by atoms with Gasteiger partial charge in [-0.1, -0.05) is 67.6 Å². The van der Waals surface area contributed by atoms with Gasteiger partial charge in [-0.15, -0.1) is 0 Å². The molecule has 1 fully saturated rings. The topological polar surface area (TPSA) is 9.23 Å². The van der Waals surface area contributed by atoms with Crippen molar-refractivity contribution in [3.8, 4) is 0 Å². The van der Waals surface area contributed by atoms with E-state index in [1.54, 1.807) is 0 Å². The van der Waals surface area contributed by atoms with Gasteiger partial charge in [0.25, 0.3) is 8.32 Å². The van der Waals surface area contributed by atoms with E-state index in [1.165, 1.54) is 16.4 Å².